The number of hydrogen-bond acceptors (Lipinski definition) is 7. The first-order valence-electron chi connectivity index (χ1n) is 12.1. The predicted octanol–water partition coefficient (Wildman–Crippen LogP) is 7.20. The Hall–Kier alpha value is -4.14. The van der Waals surface area contributed by atoms with Gasteiger partial charge in [0.2, 0.25) is 0 Å². The maximum Gasteiger partial charge on any atom is 0.412 e. The van der Waals surface area contributed by atoms with E-state index in [0.29, 0.717) is 24.5 Å². The van der Waals surface area contributed by atoms with Gasteiger partial charge in [-0.1, -0.05) is 24.3 Å². The third kappa shape index (κ3) is 9.44. The van der Waals surface area contributed by atoms with Crippen LogP contribution >= 0.6 is 0 Å². The van der Waals surface area contributed by atoms with Crippen molar-refractivity contribution in [2.75, 3.05) is 21.3 Å². The van der Waals surface area contributed by atoms with Crippen molar-refractivity contribution in [3.63, 3.8) is 0 Å². The lowest BCUT2D eigenvalue weighted by molar-refractivity contribution is 0.0624. The molecule has 0 aliphatic carbocycles. The van der Waals surface area contributed by atoms with E-state index in [1.165, 1.54) is 0 Å². The van der Waals surface area contributed by atoms with E-state index in [-0.39, 0.29) is 0 Å². The largest absolute Gasteiger partial charge is 0.462 e. The molecule has 3 rings (SSSR count). The van der Waals surface area contributed by atoms with Crippen molar-refractivity contribution < 1.29 is 23.5 Å². The molecule has 0 aliphatic heterocycles. The van der Waals surface area contributed by atoms with Gasteiger partial charge in [-0.3, -0.25) is 10.6 Å². The summed E-state index contributed by atoms with van der Waals surface area (Å²) in [5.41, 5.74) is 1.53. The number of carbonyl (C=O) groups excluding carboxylic acids is 2. The lowest BCUT2D eigenvalue weighted by atomic mass is 10.2. The Kier molecular flexibility index (Phi) is 8.70. The number of anilines is 4. The third-order valence-corrected chi connectivity index (χ3v) is 4.75. The minimum Gasteiger partial charge on any atom is -0.462 e. The fourth-order valence-electron chi connectivity index (χ4n) is 3.30. The standard InChI is InChI=1S/C28H36N4O5/c1-27(2,3)36-25(33)31-23-13-9-7-11-21(23)29-17-19-15-16-20(35-19)18-30-22-12-8-10-14-24(22)32-26(34)37-28(4,5)6/h7-16,29-30H,17-18H2,1-6H3,(H,31,33)(H,32,34). The van der Waals surface area contributed by atoms with Gasteiger partial charge in [-0.05, 0) is 77.9 Å². The smallest absolute Gasteiger partial charge is 0.412 e. The lowest BCUT2D eigenvalue weighted by Gasteiger charge is -2.20. The van der Waals surface area contributed by atoms with Gasteiger partial charge >= 0.3 is 12.2 Å². The van der Waals surface area contributed by atoms with Crippen molar-refractivity contribution in [3.8, 4) is 0 Å². The van der Waals surface area contributed by atoms with Gasteiger partial charge in [0.05, 0.1) is 35.8 Å². The van der Waals surface area contributed by atoms with Crippen molar-refractivity contribution >= 4 is 34.9 Å². The van der Waals surface area contributed by atoms with E-state index in [4.69, 9.17) is 13.9 Å². The monoisotopic (exact) mass is 508 g/mol. The van der Waals surface area contributed by atoms with E-state index in [1.807, 2.05) is 90.1 Å². The zero-order valence-corrected chi connectivity index (χ0v) is 22.2. The number of furan rings is 1. The predicted molar refractivity (Wildman–Crippen MR) is 146 cm³/mol. The summed E-state index contributed by atoms with van der Waals surface area (Å²) in [4.78, 5) is 24.3. The average molecular weight is 509 g/mol. The molecule has 0 saturated heterocycles. The van der Waals surface area contributed by atoms with Crippen LogP contribution < -0.4 is 21.3 Å². The molecule has 0 atom stereocenters. The number of nitrogens with one attached hydrogen (secondary N) is 4. The molecule has 1 aromatic heterocycles. The van der Waals surface area contributed by atoms with Gasteiger partial charge in [0.25, 0.3) is 0 Å². The highest BCUT2D eigenvalue weighted by Crippen LogP contribution is 2.25. The summed E-state index contributed by atoms with van der Waals surface area (Å²) in [6, 6.07) is 18.5. The van der Waals surface area contributed by atoms with Gasteiger partial charge in [0, 0.05) is 0 Å². The number of hydrogen-bond donors (Lipinski definition) is 4. The molecule has 0 radical (unpaired) electrons. The van der Waals surface area contributed by atoms with Crippen molar-refractivity contribution in [2.24, 2.45) is 0 Å². The highest BCUT2D eigenvalue weighted by Gasteiger charge is 2.18. The molecule has 198 valence electrons. The molecule has 0 fully saturated rings. The van der Waals surface area contributed by atoms with Crippen LogP contribution in [-0.4, -0.2) is 23.4 Å². The summed E-state index contributed by atoms with van der Waals surface area (Å²) in [6.07, 6.45) is -1.04. The number of amides is 2. The van der Waals surface area contributed by atoms with E-state index < -0.39 is 23.4 Å². The number of ether oxygens (including phenoxy) is 2. The Labute approximate surface area is 217 Å². The van der Waals surface area contributed by atoms with Crippen molar-refractivity contribution in [1.82, 2.24) is 0 Å². The van der Waals surface area contributed by atoms with Gasteiger partial charge in [-0.25, -0.2) is 9.59 Å². The minimum absolute atomic E-state index is 0.420. The first-order chi connectivity index (χ1) is 17.4. The Balaban J connectivity index is 1.56. The van der Waals surface area contributed by atoms with Gasteiger partial charge in [-0.2, -0.15) is 0 Å². The maximum atomic E-state index is 12.2. The summed E-state index contributed by atoms with van der Waals surface area (Å²) in [6.45, 7) is 11.7. The normalized spacial score (nSPS) is 11.4. The second-order valence-corrected chi connectivity index (χ2v) is 10.4. The number of benzene rings is 2. The fourth-order valence-corrected chi connectivity index (χ4v) is 3.30. The van der Waals surface area contributed by atoms with Crippen LogP contribution in [0.3, 0.4) is 0 Å². The molecule has 2 aromatic carbocycles. The second kappa shape index (κ2) is 11.7. The fraction of sp³-hybridized carbons (Fsp3) is 0.357. The zero-order valence-electron chi connectivity index (χ0n) is 22.2. The molecule has 9 heteroatoms. The molecule has 1 heterocycles. The minimum atomic E-state index is -0.586. The molecule has 4 N–H and O–H groups in total. The summed E-state index contributed by atoms with van der Waals surface area (Å²) in [5.74, 6) is 1.45. The highest BCUT2D eigenvalue weighted by atomic mass is 16.6. The molecule has 9 nitrogen and oxygen atoms in total. The lowest BCUT2D eigenvalue weighted by Crippen LogP contribution is -2.27. The van der Waals surface area contributed by atoms with Gasteiger partial charge in [0.1, 0.15) is 22.7 Å². The average Bonchev–Trinajstić information content (AvgIpc) is 3.23. The van der Waals surface area contributed by atoms with Gasteiger partial charge in [0.15, 0.2) is 0 Å². The van der Waals surface area contributed by atoms with Crippen molar-refractivity contribution in [2.45, 2.75) is 65.8 Å². The van der Waals surface area contributed by atoms with E-state index in [9.17, 15) is 9.59 Å². The molecular weight excluding hydrogens is 472 g/mol. The van der Waals surface area contributed by atoms with Crippen LogP contribution in [0.2, 0.25) is 0 Å². The Morgan fingerprint density at radius 3 is 1.32 bits per heavy atom. The Morgan fingerprint density at radius 1 is 0.622 bits per heavy atom. The molecule has 37 heavy (non-hydrogen) atoms. The number of carbonyl (C=O) groups is 2. The highest BCUT2D eigenvalue weighted by molar-refractivity contribution is 5.90. The van der Waals surface area contributed by atoms with Gasteiger partial charge < -0.3 is 24.5 Å². The quantitative estimate of drug-likeness (QED) is 0.254. The Morgan fingerprint density at radius 2 is 0.973 bits per heavy atom. The summed E-state index contributed by atoms with van der Waals surface area (Å²) < 4.78 is 16.6. The molecule has 2 amide bonds. The van der Waals surface area contributed by atoms with Crippen LogP contribution in [0.4, 0.5) is 32.3 Å². The number of para-hydroxylation sites is 4. The molecule has 0 aliphatic rings. The van der Waals surface area contributed by atoms with Crippen LogP contribution in [0.1, 0.15) is 53.1 Å². The summed E-state index contributed by atoms with van der Waals surface area (Å²) in [7, 11) is 0. The topological polar surface area (TPSA) is 114 Å². The number of rotatable bonds is 8. The molecular formula is C28H36N4O5. The molecule has 0 bridgehead atoms. The first kappa shape index (κ1) is 27.4. The van der Waals surface area contributed by atoms with E-state index in [1.54, 1.807) is 12.1 Å². The van der Waals surface area contributed by atoms with Gasteiger partial charge in [-0.15, -0.1) is 0 Å². The maximum absolute atomic E-state index is 12.2. The van der Waals surface area contributed by atoms with Crippen LogP contribution in [0.15, 0.2) is 65.1 Å². The third-order valence-electron chi connectivity index (χ3n) is 4.75. The molecule has 0 saturated carbocycles. The van der Waals surface area contributed by atoms with E-state index in [2.05, 4.69) is 21.3 Å². The van der Waals surface area contributed by atoms with Crippen molar-refractivity contribution in [1.29, 1.82) is 0 Å². The van der Waals surface area contributed by atoms with Crippen LogP contribution in [-0.2, 0) is 22.6 Å². The Bertz CT molecular complexity index is 1120. The first-order valence-corrected chi connectivity index (χ1v) is 12.1. The second-order valence-electron chi connectivity index (χ2n) is 10.4. The van der Waals surface area contributed by atoms with Crippen LogP contribution in [0.5, 0.6) is 0 Å². The zero-order chi connectivity index (χ0) is 27.1. The van der Waals surface area contributed by atoms with Crippen LogP contribution in [0, 0.1) is 0 Å². The summed E-state index contributed by atoms with van der Waals surface area (Å²) in [5, 5.41) is 12.1. The molecule has 3 aromatic rings. The van der Waals surface area contributed by atoms with E-state index >= 15 is 0 Å². The molecule has 0 spiro atoms. The SMILES string of the molecule is CC(C)(C)OC(=O)Nc1ccccc1NCc1ccc(CNc2ccccc2NC(=O)OC(C)(C)C)o1. The van der Waals surface area contributed by atoms with Crippen molar-refractivity contribution in [3.05, 3.63) is 72.2 Å². The molecule has 0 unspecified atom stereocenters. The van der Waals surface area contributed by atoms with Crippen LogP contribution in [0.25, 0.3) is 0 Å². The van der Waals surface area contributed by atoms with E-state index in [0.717, 1.165) is 22.9 Å². The summed E-state index contributed by atoms with van der Waals surface area (Å²) >= 11 is 0.